The van der Waals surface area contributed by atoms with Gasteiger partial charge >= 0.3 is 11.9 Å². The third-order valence-electron chi connectivity index (χ3n) is 5.95. The fourth-order valence-corrected chi connectivity index (χ4v) is 5.70. The monoisotopic (exact) mass is 586 g/mol. The van der Waals surface area contributed by atoms with Crippen molar-refractivity contribution in [2.45, 2.75) is 59.3 Å². The summed E-state index contributed by atoms with van der Waals surface area (Å²) in [4.78, 5) is 38.2. The van der Waals surface area contributed by atoms with Crippen molar-refractivity contribution < 1.29 is 28.6 Å². The second-order valence-electron chi connectivity index (χ2n) is 8.74. The fourth-order valence-electron chi connectivity index (χ4n) is 3.84. The zero-order valence-corrected chi connectivity index (χ0v) is 25.2. The Bertz CT molecular complexity index is 1400. The number of rotatable bonds is 13. The van der Waals surface area contributed by atoms with E-state index in [1.165, 1.54) is 11.8 Å². The zero-order valence-electron chi connectivity index (χ0n) is 23.5. The molecule has 214 valence electrons. The van der Waals surface area contributed by atoms with Gasteiger partial charge in [0.1, 0.15) is 15.6 Å². The summed E-state index contributed by atoms with van der Waals surface area (Å²) in [5.74, 6) is -0.228. The number of ether oxygens (including phenoxy) is 3. The van der Waals surface area contributed by atoms with E-state index < -0.39 is 18.0 Å². The minimum absolute atomic E-state index is 0.0184. The molecule has 10 nitrogen and oxygen atoms in total. The minimum atomic E-state index is -0.622. The molecule has 0 radical (unpaired) electrons. The maximum absolute atomic E-state index is 13.0. The van der Waals surface area contributed by atoms with E-state index in [2.05, 4.69) is 22.1 Å². The molecule has 1 unspecified atom stereocenters. The Hall–Kier alpha value is -3.64. The Morgan fingerprint density at radius 3 is 2.48 bits per heavy atom. The van der Waals surface area contributed by atoms with E-state index in [0.717, 1.165) is 28.2 Å². The predicted molar refractivity (Wildman–Crippen MR) is 156 cm³/mol. The number of esters is 2. The summed E-state index contributed by atoms with van der Waals surface area (Å²) >= 11 is 2.17. The van der Waals surface area contributed by atoms with Gasteiger partial charge in [-0.3, -0.25) is 9.36 Å². The first-order chi connectivity index (χ1) is 19.1. The number of anilines is 1. The van der Waals surface area contributed by atoms with Gasteiger partial charge in [0, 0.05) is 6.54 Å². The Kier molecular flexibility index (Phi) is 10.9. The number of aromatic nitrogens is 3. The third kappa shape index (κ3) is 7.11. The quantitative estimate of drug-likeness (QED) is 0.153. The number of carbonyl (C=O) groups is 3. The summed E-state index contributed by atoms with van der Waals surface area (Å²) in [5.41, 5.74) is 2.72. The Morgan fingerprint density at radius 2 is 1.80 bits per heavy atom. The number of carbonyl (C=O) groups excluding carboxylic acids is 3. The van der Waals surface area contributed by atoms with Gasteiger partial charge in [0.15, 0.2) is 17.1 Å². The molecule has 1 atom stereocenters. The molecule has 0 fully saturated rings. The van der Waals surface area contributed by atoms with E-state index in [4.69, 9.17) is 14.2 Å². The Morgan fingerprint density at radius 1 is 1.10 bits per heavy atom. The van der Waals surface area contributed by atoms with Crippen molar-refractivity contribution in [2.24, 2.45) is 0 Å². The Balaban J connectivity index is 1.77. The Labute approximate surface area is 242 Å². The molecule has 1 amide bonds. The van der Waals surface area contributed by atoms with Crippen LogP contribution in [0.2, 0.25) is 0 Å². The lowest BCUT2D eigenvalue weighted by Gasteiger charge is -2.18. The van der Waals surface area contributed by atoms with Crippen LogP contribution in [0.4, 0.5) is 5.00 Å². The largest absolute Gasteiger partial charge is 0.482 e. The number of hydrogen-bond acceptors (Lipinski definition) is 10. The number of hydrogen-bond donors (Lipinski definition) is 1. The molecule has 2 heterocycles. The van der Waals surface area contributed by atoms with Crippen LogP contribution in [0.3, 0.4) is 0 Å². The lowest BCUT2D eigenvalue weighted by molar-refractivity contribution is -0.113. The van der Waals surface area contributed by atoms with Gasteiger partial charge < -0.3 is 19.5 Å². The van der Waals surface area contributed by atoms with Crippen molar-refractivity contribution in [1.29, 1.82) is 0 Å². The summed E-state index contributed by atoms with van der Waals surface area (Å²) in [5, 5.41) is 12.1. The second-order valence-corrected chi connectivity index (χ2v) is 10.7. The first-order valence-electron chi connectivity index (χ1n) is 12.8. The molecule has 0 saturated carbocycles. The number of thioether (sulfide) groups is 1. The van der Waals surface area contributed by atoms with Gasteiger partial charge in [-0.15, -0.1) is 28.1 Å². The molecule has 2 aromatic heterocycles. The van der Waals surface area contributed by atoms with Gasteiger partial charge in [0.25, 0.3) is 0 Å². The number of nitrogens with zero attached hydrogens (tertiary/aromatic N) is 3. The summed E-state index contributed by atoms with van der Waals surface area (Å²) in [6.45, 7) is 15.5. The number of allylic oxidation sites excluding steroid dienone is 1. The molecule has 0 aliphatic carbocycles. The van der Waals surface area contributed by atoms with Crippen LogP contribution >= 0.6 is 23.1 Å². The summed E-state index contributed by atoms with van der Waals surface area (Å²) in [6.07, 6.45) is 1.32. The molecule has 0 saturated heterocycles. The van der Waals surface area contributed by atoms with E-state index in [-0.39, 0.29) is 40.3 Å². The average molecular weight is 587 g/mol. The maximum atomic E-state index is 13.0. The van der Waals surface area contributed by atoms with Crippen LogP contribution in [0.5, 0.6) is 5.75 Å². The number of benzene rings is 1. The third-order valence-corrected chi connectivity index (χ3v) is 8.11. The molecule has 3 aromatic rings. The zero-order chi connectivity index (χ0) is 29.4. The molecule has 0 bridgehead atoms. The molecule has 0 aliphatic heterocycles. The predicted octanol–water partition coefficient (Wildman–Crippen LogP) is 5.68. The number of aryl methyl sites for hydroxylation is 1. The van der Waals surface area contributed by atoms with Crippen molar-refractivity contribution in [2.75, 3.05) is 24.3 Å². The summed E-state index contributed by atoms with van der Waals surface area (Å²) in [6, 6.07) is 5.88. The molecular weight excluding hydrogens is 552 g/mol. The molecule has 40 heavy (non-hydrogen) atoms. The average Bonchev–Trinajstić information content (AvgIpc) is 3.46. The van der Waals surface area contributed by atoms with Crippen LogP contribution in [0.25, 0.3) is 0 Å². The van der Waals surface area contributed by atoms with Gasteiger partial charge in [0.05, 0.1) is 24.5 Å². The van der Waals surface area contributed by atoms with Crippen LogP contribution in [0.15, 0.2) is 36.0 Å². The first-order valence-corrected chi connectivity index (χ1v) is 14.6. The lowest BCUT2D eigenvalue weighted by atomic mass is 10.1. The van der Waals surface area contributed by atoms with Crippen molar-refractivity contribution in [3.05, 3.63) is 63.8 Å². The van der Waals surface area contributed by atoms with Crippen LogP contribution in [-0.4, -0.2) is 51.6 Å². The lowest BCUT2D eigenvalue weighted by Crippen LogP contribution is -2.17. The van der Waals surface area contributed by atoms with Crippen LogP contribution in [-0.2, 0) is 20.8 Å². The minimum Gasteiger partial charge on any atom is -0.482 e. The maximum Gasteiger partial charge on any atom is 0.348 e. The highest BCUT2D eigenvalue weighted by atomic mass is 32.2. The highest BCUT2D eigenvalue weighted by Gasteiger charge is 2.28. The van der Waals surface area contributed by atoms with E-state index >= 15 is 0 Å². The van der Waals surface area contributed by atoms with Gasteiger partial charge in [-0.1, -0.05) is 30.0 Å². The normalized spacial score (nSPS) is 11.6. The number of thiophene rings is 1. The highest BCUT2D eigenvalue weighted by molar-refractivity contribution is 7.99. The van der Waals surface area contributed by atoms with Crippen molar-refractivity contribution >= 4 is 45.9 Å². The second kappa shape index (κ2) is 14.1. The molecular formula is C28H34N4O6S2. The molecule has 12 heteroatoms. The standard InChI is InChI=1S/C28H34N4O6S2/c1-8-14-32-24(19(7)38-20-13-11-12-16(4)17(20)5)30-31-28(32)39-15-21(33)29-25-22(26(34)36-9-2)18(6)23(40-25)27(35)37-10-3/h8,11-13,19H,1,9-10,14-15H2,2-7H3,(H,29,33). The van der Waals surface area contributed by atoms with E-state index in [1.54, 1.807) is 26.8 Å². The van der Waals surface area contributed by atoms with Gasteiger partial charge in [-0.25, -0.2) is 9.59 Å². The van der Waals surface area contributed by atoms with Crippen molar-refractivity contribution in [1.82, 2.24) is 14.8 Å². The molecule has 0 spiro atoms. The number of nitrogens with one attached hydrogen (secondary N) is 1. The summed E-state index contributed by atoms with van der Waals surface area (Å²) < 4.78 is 18.3. The van der Waals surface area contributed by atoms with E-state index in [0.29, 0.717) is 23.1 Å². The van der Waals surface area contributed by atoms with E-state index in [1.807, 2.05) is 43.5 Å². The molecule has 0 aliphatic rings. The van der Waals surface area contributed by atoms with Crippen molar-refractivity contribution in [3.8, 4) is 5.75 Å². The highest BCUT2D eigenvalue weighted by Crippen LogP contribution is 2.35. The van der Waals surface area contributed by atoms with Crippen LogP contribution < -0.4 is 10.1 Å². The number of amides is 1. The van der Waals surface area contributed by atoms with Crippen LogP contribution in [0, 0.1) is 20.8 Å². The van der Waals surface area contributed by atoms with Gasteiger partial charge in [-0.2, -0.15) is 0 Å². The fraction of sp³-hybridized carbons (Fsp3) is 0.393. The van der Waals surface area contributed by atoms with Crippen LogP contribution in [0.1, 0.15) is 69.4 Å². The SMILES string of the molecule is C=CCn1c(SCC(=O)Nc2sc(C(=O)OCC)c(C)c2C(=O)OCC)nnc1C(C)Oc1cccc(C)c1C. The first kappa shape index (κ1) is 30.9. The van der Waals surface area contributed by atoms with Crippen molar-refractivity contribution in [3.63, 3.8) is 0 Å². The molecule has 1 aromatic carbocycles. The van der Waals surface area contributed by atoms with E-state index in [9.17, 15) is 14.4 Å². The summed E-state index contributed by atoms with van der Waals surface area (Å²) in [7, 11) is 0. The molecule has 3 rings (SSSR count). The molecule has 1 N–H and O–H groups in total. The van der Waals surface area contributed by atoms with Gasteiger partial charge in [0.2, 0.25) is 5.91 Å². The van der Waals surface area contributed by atoms with Gasteiger partial charge in [-0.05, 0) is 64.3 Å². The smallest absolute Gasteiger partial charge is 0.348 e. The topological polar surface area (TPSA) is 122 Å².